The number of aryl methyl sites for hydroxylation is 3. The Bertz CT molecular complexity index is 867. The van der Waals surface area contributed by atoms with Gasteiger partial charge < -0.3 is 14.7 Å². The van der Waals surface area contributed by atoms with E-state index < -0.39 is 0 Å². The van der Waals surface area contributed by atoms with E-state index in [0.717, 1.165) is 54.8 Å². The van der Waals surface area contributed by atoms with Crippen LogP contribution in [0.1, 0.15) is 40.0 Å². The molecule has 0 saturated carbocycles. The van der Waals surface area contributed by atoms with Crippen LogP contribution >= 0.6 is 0 Å². The smallest absolute Gasteiger partial charge is 0.254 e. The van der Waals surface area contributed by atoms with Crippen molar-refractivity contribution < 1.29 is 4.79 Å². The molecule has 0 aliphatic carbocycles. The van der Waals surface area contributed by atoms with Gasteiger partial charge >= 0.3 is 0 Å². The maximum Gasteiger partial charge on any atom is 0.254 e. The lowest BCUT2D eigenvalue weighted by atomic mass is 10.0. The highest BCUT2D eigenvalue weighted by atomic mass is 16.2. The fourth-order valence-corrected chi connectivity index (χ4v) is 4.12. The van der Waals surface area contributed by atoms with E-state index >= 15 is 0 Å². The molecule has 1 aromatic carbocycles. The molecule has 2 saturated heterocycles. The van der Waals surface area contributed by atoms with Crippen molar-refractivity contribution >= 4 is 17.7 Å². The Morgan fingerprint density at radius 1 is 0.857 bits per heavy atom. The minimum atomic E-state index is 0.133. The van der Waals surface area contributed by atoms with E-state index in [1.165, 1.54) is 18.4 Å². The Hall–Kier alpha value is -2.63. The first kappa shape index (κ1) is 18.7. The van der Waals surface area contributed by atoms with E-state index in [0.29, 0.717) is 13.1 Å². The van der Waals surface area contributed by atoms with Crippen LogP contribution in [0, 0.1) is 20.8 Å². The summed E-state index contributed by atoms with van der Waals surface area (Å²) in [7, 11) is 0. The summed E-state index contributed by atoms with van der Waals surface area (Å²) < 4.78 is 0. The molecule has 3 heterocycles. The van der Waals surface area contributed by atoms with Gasteiger partial charge in [-0.05, 0) is 45.2 Å². The van der Waals surface area contributed by atoms with Gasteiger partial charge in [-0.2, -0.15) is 4.98 Å². The number of amides is 1. The molecule has 2 aliphatic rings. The monoisotopic (exact) mass is 379 g/mol. The summed E-state index contributed by atoms with van der Waals surface area (Å²) in [4.78, 5) is 28.9. The van der Waals surface area contributed by atoms with Gasteiger partial charge in [0.25, 0.3) is 5.91 Å². The van der Waals surface area contributed by atoms with Crippen LogP contribution in [0.15, 0.2) is 24.3 Å². The van der Waals surface area contributed by atoms with Crippen LogP contribution in [0.4, 0.5) is 11.8 Å². The summed E-state index contributed by atoms with van der Waals surface area (Å²) in [5, 5.41) is 0. The van der Waals surface area contributed by atoms with Crippen LogP contribution in [0.2, 0.25) is 0 Å². The molecule has 0 radical (unpaired) electrons. The normalized spacial score (nSPS) is 17.3. The van der Waals surface area contributed by atoms with Crippen molar-refractivity contribution in [3.05, 3.63) is 46.6 Å². The van der Waals surface area contributed by atoms with Crippen molar-refractivity contribution in [1.29, 1.82) is 0 Å². The lowest BCUT2D eigenvalue weighted by molar-refractivity contribution is 0.0746. The molecular weight excluding hydrogens is 350 g/mol. The number of piperazine rings is 1. The summed E-state index contributed by atoms with van der Waals surface area (Å²) in [5.41, 5.74) is 4.05. The molecule has 6 heteroatoms. The van der Waals surface area contributed by atoms with Crippen molar-refractivity contribution in [1.82, 2.24) is 14.9 Å². The van der Waals surface area contributed by atoms with Crippen LogP contribution < -0.4 is 9.80 Å². The lowest BCUT2D eigenvalue weighted by Crippen LogP contribution is -2.49. The number of anilines is 2. The molecule has 0 atom stereocenters. The van der Waals surface area contributed by atoms with Gasteiger partial charge in [0, 0.05) is 56.6 Å². The number of carbonyl (C=O) groups is 1. The second kappa shape index (κ2) is 7.78. The zero-order valence-electron chi connectivity index (χ0n) is 17.1. The maximum atomic E-state index is 12.9. The minimum Gasteiger partial charge on any atom is -0.353 e. The van der Waals surface area contributed by atoms with Crippen LogP contribution in [-0.4, -0.2) is 60.0 Å². The van der Waals surface area contributed by atoms with Crippen molar-refractivity contribution in [2.75, 3.05) is 49.1 Å². The first-order chi connectivity index (χ1) is 13.5. The van der Waals surface area contributed by atoms with E-state index in [1.54, 1.807) is 0 Å². The third kappa shape index (κ3) is 3.81. The predicted octanol–water partition coefficient (Wildman–Crippen LogP) is 2.96. The zero-order chi connectivity index (χ0) is 19.7. The molecule has 0 bridgehead atoms. The molecule has 0 spiro atoms. The second-order valence-corrected chi connectivity index (χ2v) is 7.96. The van der Waals surface area contributed by atoms with Gasteiger partial charge in [0.05, 0.1) is 0 Å². The van der Waals surface area contributed by atoms with Crippen molar-refractivity contribution in [2.24, 2.45) is 0 Å². The number of hydrogen-bond acceptors (Lipinski definition) is 5. The third-order valence-corrected chi connectivity index (χ3v) is 5.72. The van der Waals surface area contributed by atoms with E-state index in [2.05, 4.69) is 33.8 Å². The first-order valence-corrected chi connectivity index (χ1v) is 10.2. The fraction of sp³-hybridized carbons (Fsp3) is 0.500. The summed E-state index contributed by atoms with van der Waals surface area (Å²) in [5.74, 6) is 1.96. The Balaban J connectivity index is 1.44. The van der Waals surface area contributed by atoms with Crippen LogP contribution in [0.3, 0.4) is 0 Å². The van der Waals surface area contributed by atoms with Crippen molar-refractivity contribution in [3.8, 4) is 0 Å². The summed E-state index contributed by atoms with van der Waals surface area (Å²) in [6.07, 6.45) is 2.43. The molecule has 0 N–H and O–H groups in total. The van der Waals surface area contributed by atoms with Gasteiger partial charge in [0.2, 0.25) is 5.95 Å². The molecule has 2 aromatic rings. The van der Waals surface area contributed by atoms with Crippen LogP contribution in [0.5, 0.6) is 0 Å². The average molecular weight is 380 g/mol. The van der Waals surface area contributed by atoms with Gasteiger partial charge in [0.1, 0.15) is 5.82 Å². The van der Waals surface area contributed by atoms with Gasteiger partial charge in [-0.1, -0.05) is 17.7 Å². The Morgan fingerprint density at radius 2 is 1.57 bits per heavy atom. The quantitative estimate of drug-likeness (QED) is 0.821. The average Bonchev–Trinajstić information content (AvgIpc) is 3.22. The number of carbonyl (C=O) groups excluding carboxylic acids is 1. The van der Waals surface area contributed by atoms with E-state index in [9.17, 15) is 4.79 Å². The largest absolute Gasteiger partial charge is 0.353 e. The highest BCUT2D eigenvalue weighted by Crippen LogP contribution is 2.22. The number of benzene rings is 1. The first-order valence-electron chi connectivity index (χ1n) is 10.2. The highest BCUT2D eigenvalue weighted by molar-refractivity contribution is 5.95. The molecule has 148 valence electrons. The number of rotatable bonds is 3. The molecule has 4 rings (SSSR count). The summed E-state index contributed by atoms with van der Waals surface area (Å²) in [6, 6.07) is 8.10. The zero-order valence-corrected chi connectivity index (χ0v) is 17.1. The molecule has 1 amide bonds. The van der Waals surface area contributed by atoms with Gasteiger partial charge in [0.15, 0.2) is 0 Å². The van der Waals surface area contributed by atoms with E-state index in [4.69, 9.17) is 4.98 Å². The van der Waals surface area contributed by atoms with E-state index in [-0.39, 0.29) is 5.91 Å². The van der Waals surface area contributed by atoms with Gasteiger partial charge in [-0.25, -0.2) is 4.98 Å². The van der Waals surface area contributed by atoms with Crippen molar-refractivity contribution in [3.63, 3.8) is 0 Å². The Kier molecular flexibility index (Phi) is 5.20. The molecule has 6 nitrogen and oxygen atoms in total. The molecule has 2 fully saturated rings. The van der Waals surface area contributed by atoms with Crippen LogP contribution in [0.25, 0.3) is 0 Å². The topological polar surface area (TPSA) is 52.6 Å². The predicted molar refractivity (Wildman–Crippen MR) is 112 cm³/mol. The molecule has 2 aliphatic heterocycles. The van der Waals surface area contributed by atoms with Gasteiger partial charge in [-0.3, -0.25) is 4.79 Å². The van der Waals surface area contributed by atoms with Crippen molar-refractivity contribution in [2.45, 2.75) is 33.6 Å². The summed E-state index contributed by atoms with van der Waals surface area (Å²) in [6.45, 7) is 11.2. The van der Waals surface area contributed by atoms with E-state index in [1.807, 2.05) is 30.9 Å². The fourth-order valence-electron chi connectivity index (χ4n) is 4.12. The standard InChI is InChI=1S/C22H29N5O/c1-16-6-7-19(17(2)14-16)21(28)26-12-10-25(11-13-26)20-15-18(3)23-22(24-20)27-8-4-5-9-27/h6-7,14-15H,4-5,8-13H2,1-3H3. The number of hydrogen-bond donors (Lipinski definition) is 0. The van der Waals surface area contributed by atoms with Crippen LogP contribution in [-0.2, 0) is 0 Å². The molecule has 28 heavy (non-hydrogen) atoms. The number of nitrogens with zero attached hydrogens (tertiary/aromatic N) is 5. The third-order valence-electron chi connectivity index (χ3n) is 5.72. The molecule has 1 aromatic heterocycles. The highest BCUT2D eigenvalue weighted by Gasteiger charge is 2.25. The summed E-state index contributed by atoms with van der Waals surface area (Å²) >= 11 is 0. The Labute approximate surface area is 167 Å². The maximum absolute atomic E-state index is 12.9. The SMILES string of the molecule is Cc1ccc(C(=O)N2CCN(c3cc(C)nc(N4CCCC4)n3)CC2)c(C)c1. The lowest BCUT2D eigenvalue weighted by Gasteiger charge is -2.36. The molecular formula is C22H29N5O. The molecule has 0 unspecified atom stereocenters. The van der Waals surface area contributed by atoms with Gasteiger partial charge in [-0.15, -0.1) is 0 Å². The second-order valence-electron chi connectivity index (χ2n) is 7.96. The minimum absolute atomic E-state index is 0.133. The number of aromatic nitrogens is 2. The Morgan fingerprint density at radius 3 is 2.25 bits per heavy atom.